The van der Waals surface area contributed by atoms with Gasteiger partial charge in [-0.2, -0.15) is 0 Å². The first-order chi connectivity index (χ1) is 21.2. The standard InChI is InChI=1S/C34H37N3O6S/c1-6-41-32(38)28-20-44-29(37-28)19-42-33(39)30-23(5)36-27(16-21(2)3)26(31(30)25-14-12-22(4)13-15-25)17-35-34(40)43-18-24-10-8-7-9-11-24/h7-15,20-21H,6,16-19H2,1-5H3,(H,35,40). The van der Waals surface area contributed by atoms with Crippen LogP contribution in [-0.4, -0.2) is 34.6 Å². The maximum atomic E-state index is 13.7. The van der Waals surface area contributed by atoms with Crippen molar-refractivity contribution in [3.8, 4) is 11.1 Å². The van der Waals surface area contributed by atoms with Gasteiger partial charge in [-0.05, 0) is 44.2 Å². The fraction of sp³-hybridized carbons (Fsp3) is 0.324. The lowest BCUT2D eigenvalue weighted by atomic mass is 9.89. The van der Waals surface area contributed by atoms with Crippen molar-refractivity contribution in [2.45, 2.75) is 60.8 Å². The first-order valence-electron chi connectivity index (χ1n) is 14.5. The SMILES string of the molecule is CCOC(=O)c1csc(COC(=O)c2c(C)nc(CC(C)C)c(CNC(=O)OCc3ccccc3)c2-c2ccc(C)cc2)n1. The number of nitrogens with zero attached hydrogens (tertiary/aromatic N) is 2. The lowest BCUT2D eigenvalue weighted by Crippen LogP contribution is -2.26. The summed E-state index contributed by atoms with van der Waals surface area (Å²) in [4.78, 5) is 47.6. The largest absolute Gasteiger partial charge is 0.461 e. The zero-order valence-corrected chi connectivity index (χ0v) is 26.5. The van der Waals surface area contributed by atoms with Crippen molar-refractivity contribution in [3.63, 3.8) is 0 Å². The molecule has 10 heteroatoms. The Morgan fingerprint density at radius 2 is 1.61 bits per heavy atom. The van der Waals surface area contributed by atoms with E-state index < -0.39 is 18.0 Å². The van der Waals surface area contributed by atoms with E-state index in [4.69, 9.17) is 19.2 Å². The molecule has 1 amide bonds. The van der Waals surface area contributed by atoms with E-state index in [0.29, 0.717) is 28.2 Å². The number of carbonyl (C=O) groups excluding carboxylic acids is 3. The van der Waals surface area contributed by atoms with Crippen molar-refractivity contribution >= 4 is 29.4 Å². The number of amides is 1. The molecule has 2 aromatic carbocycles. The number of benzene rings is 2. The number of ether oxygens (including phenoxy) is 3. The number of aryl methyl sites for hydroxylation is 2. The predicted molar refractivity (Wildman–Crippen MR) is 168 cm³/mol. The number of esters is 2. The molecule has 0 bridgehead atoms. The summed E-state index contributed by atoms with van der Waals surface area (Å²) in [6.07, 6.45) is 0.0611. The van der Waals surface area contributed by atoms with Crippen LogP contribution in [0.3, 0.4) is 0 Å². The van der Waals surface area contributed by atoms with Crippen LogP contribution in [0, 0.1) is 19.8 Å². The van der Waals surface area contributed by atoms with Crippen LogP contribution in [0.4, 0.5) is 4.79 Å². The fourth-order valence-electron chi connectivity index (χ4n) is 4.65. The van der Waals surface area contributed by atoms with Crippen LogP contribution >= 0.6 is 11.3 Å². The summed E-state index contributed by atoms with van der Waals surface area (Å²) >= 11 is 1.21. The third-order valence-corrected chi connectivity index (χ3v) is 7.52. The highest BCUT2D eigenvalue weighted by Crippen LogP contribution is 2.33. The molecule has 44 heavy (non-hydrogen) atoms. The molecule has 0 aliphatic rings. The van der Waals surface area contributed by atoms with Gasteiger partial charge in [-0.25, -0.2) is 19.4 Å². The minimum absolute atomic E-state index is 0.0990. The van der Waals surface area contributed by atoms with Crippen LogP contribution in [0.25, 0.3) is 11.1 Å². The van der Waals surface area contributed by atoms with E-state index in [1.807, 2.05) is 61.5 Å². The van der Waals surface area contributed by atoms with E-state index in [2.05, 4.69) is 24.1 Å². The maximum Gasteiger partial charge on any atom is 0.407 e. The Morgan fingerprint density at radius 3 is 2.30 bits per heavy atom. The molecule has 1 N–H and O–H groups in total. The van der Waals surface area contributed by atoms with Crippen LogP contribution < -0.4 is 5.32 Å². The molecule has 0 saturated carbocycles. The zero-order chi connectivity index (χ0) is 31.6. The Bertz CT molecular complexity index is 1600. The van der Waals surface area contributed by atoms with Gasteiger partial charge in [0.25, 0.3) is 0 Å². The van der Waals surface area contributed by atoms with Crippen molar-refractivity contribution < 1.29 is 28.6 Å². The van der Waals surface area contributed by atoms with Crippen LogP contribution in [-0.2, 0) is 40.4 Å². The Labute approximate surface area is 261 Å². The maximum absolute atomic E-state index is 13.7. The average Bonchev–Trinajstić information content (AvgIpc) is 3.48. The number of carbonyl (C=O) groups is 3. The Kier molecular flexibility index (Phi) is 11.2. The van der Waals surface area contributed by atoms with Gasteiger partial charge < -0.3 is 19.5 Å². The van der Waals surface area contributed by atoms with Gasteiger partial charge in [-0.3, -0.25) is 4.98 Å². The highest BCUT2D eigenvalue weighted by Gasteiger charge is 2.26. The van der Waals surface area contributed by atoms with Crippen LogP contribution in [0.1, 0.15) is 74.7 Å². The molecular formula is C34H37N3O6S. The quantitative estimate of drug-likeness (QED) is 0.134. The topological polar surface area (TPSA) is 117 Å². The average molecular weight is 616 g/mol. The Hall–Kier alpha value is -4.57. The molecule has 0 spiro atoms. The lowest BCUT2D eigenvalue weighted by molar-refractivity contribution is 0.0471. The summed E-state index contributed by atoms with van der Waals surface area (Å²) in [7, 11) is 0. The number of hydrogen-bond donors (Lipinski definition) is 1. The van der Waals surface area contributed by atoms with Gasteiger partial charge >= 0.3 is 18.0 Å². The van der Waals surface area contributed by atoms with Gasteiger partial charge in [0.15, 0.2) is 5.69 Å². The summed E-state index contributed by atoms with van der Waals surface area (Å²) in [6, 6.07) is 17.3. The smallest absolute Gasteiger partial charge is 0.407 e. The summed E-state index contributed by atoms with van der Waals surface area (Å²) in [5.74, 6) is -0.835. The van der Waals surface area contributed by atoms with E-state index >= 15 is 0 Å². The predicted octanol–water partition coefficient (Wildman–Crippen LogP) is 6.98. The first-order valence-corrected chi connectivity index (χ1v) is 15.4. The van der Waals surface area contributed by atoms with Crippen LogP contribution in [0.5, 0.6) is 0 Å². The monoisotopic (exact) mass is 615 g/mol. The van der Waals surface area contributed by atoms with E-state index in [-0.39, 0.29) is 38.0 Å². The molecule has 0 atom stereocenters. The van der Waals surface area contributed by atoms with Crippen LogP contribution in [0.2, 0.25) is 0 Å². The van der Waals surface area contributed by atoms with Gasteiger partial charge in [0.1, 0.15) is 18.2 Å². The van der Waals surface area contributed by atoms with Crippen molar-refractivity contribution in [1.29, 1.82) is 0 Å². The van der Waals surface area contributed by atoms with Gasteiger partial charge in [-0.1, -0.05) is 74.0 Å². The second-order valence-corrected chi connectivity index (χ2v) is 11.6. The van der Waals surface area contributed by atoms with Gasteiger partial charge in [0, 0.05) is 28.7 Å². The molecular weight excluding hydrogens is 578 g/mol. The second-order valence-electron chi connectivity index (χ2n) is 10.7. The third kappa shape index (κ3) is 8.50. The second kappa shape index (κ2) is 15.2. The molecule has 0 unspecified atom stereocenters. The number of rotatable bonds is 12. The molecule has 2 aromatic heterocycles. The van der Waals surface area contributed by atoms with Crippen molar-refractivity contribution in [2.24, 2.45) is 5.92 Å². The van der Waals surface area contributed by atoms with E-state index in [1.165, 1.54) is 11.3 Å². The number of aromatic nitrogens is 2. The Balaban J connectivity index is 1.66. The van der Waals surface area contributed by atoms with E-state index in [9.17, 15) is 14.4 Å². The molecule has 4 aromatic rings. The minimum atomic E-state index is -0.581. The first kappa shape index (κ1) is 32.3. The van der Waals surface area contributed by atoms with Crippen LogP contribution in [0.15, 0.2) is 60.0 Å². The van der Waals surface area contributed by atoms with Gasteiger partial charge in [0.05, 0.1) is 17.9 Å². The molecule has 2 heterocycles. The number of pyridine rings is 1. The summed E-state index contributed by atoms with van der Waals surface area (Å²) < 4.78 is 16.2. The van der Waals surface area contributed by atoms with Gasteiger partial charge in [0.2, 0.25) is 0 Å². The lowest BCUT2D eigenvalue weighted by Gasteiger charge is -2.21. The molecule has 9 nitrogen and oxygen atoms in total. The fourth-order valence-corrected chi connectivity index (χ4v) is 5.32. The molecule has 0 aliphatic heterocycles. The van der Waals surface area contributed by atoms with E-state index in [1.54, 1.807) is 19.2 Å². The Morgan fingerprint density at radius 1 is 0.886 bits per heavy atom. The highest BCUT2D eigenvalue weighted by atomic mass is 32.1. The normalized spacial score (nSPS) is 10.9. The number of hydrogen-bond acceptors (Lipinski definition) is 9. The number of thiazole rings is 1. The highest BCUT2D eigenvalue weighted by molar-refractivity contribution is 7.09. The van der Waals surface area contributed by atoms with Crippen molar-refractivity contribution in [3.05, 3.63) is 104 Å². The van der Waals surface area contributed by atoms with Crippen molar-refractivity contribution in [2.75, 3.05) is 6.61 Å². The zero-order valence-electron chi connectivity index (χ0n) is 25.6. The third-order valence-electron chi connectivity index (χ3n) is 6.70. The molecule has 4 rings (SSSR count). The molecule has 0 saturated heterocycles. The summed E-state index contributed by atoms with van der Waals surface area (Å²) in [6.45, 7) is 10.0. The molecule has 230 valence electrons. The summed E-state index contributed by atoms with van der Waals surface area (Å²) in [5, 5.41) is 4.90. The molecule has 0 fully saturated rings. The van der Waals surface area contributed by atoms with Crippen molar-refractivity contribution in [1.82, 2.24) is 15.3 Å². The number of alkyl carbamates (subject to hydrolysis) is 1. The minimum Gasteiger partial charge on any atom is -0.461 e. The summed E-state index contributed by atoms with van der Waals surface area (Å²) in [5.41, 5.74) is 5.88. The number of nitrogens with one attached hydrogen (secondary N) is 1. The molecule has 0 aliphatic carbocycles. The molecule has 0 radical (unpaired) electrons. The van der Waals surface area contributed by atoms with E-state index in [0.717, 1.165) is 27.9 Å². The van der Waals surface area contributed by atoms with Gasteiger partial charge in [-0.15, -0.1) is 11.3 Å².